The van der Waals surface area contributed by atoms with Crippen molar-refractivity contribution in [2.75, 3.05) is 11.5 Å². The molecule has 0 saturated heterocycles. The van der Waals surface area contributed by atoms with Crippen LogP contribution in [0.25, 0.3) is 0 Å². The molecule has 0 bridgehead atoms. The third-order valence-corrected chi connectivity index (χ3v) is 2.18. The minimum atomic E-state index is 0.116. The van der Waals surface area contributed by atoms with Crippen molar-refractivity contribution >= 4 is 11.5 Å². The van der Waals surface area contributed by atoms with Crippen LogP contribution in [0.3, 0.4) is 0 Å². The Morgan fingerprint density at radius 3 is 2.36 bits per heavy atom. The molecule has 0 aromatic carbocycles. The van der Waals surface area contributed by atoms with E-state index in [0.717, 1.165) is 0 Å². The first-order valence-corrected chi connectivity index (χ1v) is 4.69. The van der Waals surface area contributed by atoms with Gasteiger partial charge in [-0.1, -0.05) is 13.8 Å². The minimum Gasteiger partial charge on any atom is -0.474 e. The third-order valence-electron chi connectivity index (χ3n) is 2.18. The van der Waals surface area contributed by atoms with E-state index in [9.17, 15) is 0 Å². The average molecular weight is 195 g/mol. The molecule has 0 fully saturated rings. The van der Waals surface area contributed by atoms with Gasteiger partial charge in [-0.3, -0.25) is 0 Å². The average Bonchev–Trinajstić information content (AvgIpc) is 2.11. The largest absolute Gasteiger partial charge is 0.474 e. The molecule has 78 valence electrons. The summed E-state index contributed by atoms with van der Waals surface area (Å²) in [6, 6.07) is 3.43. The van der Waals surface area contributed by atoms with Gasteiger partial charge in [-0.05, 0) is 18.9 Å². The molecule has 1 heterocycles. The first-order chi connectivity index (χ1) is 6.50. The molecule has 0 amide bonds. The molecular weight excluding hydrogens is 178 g/mol. The first-order valence-electron chi connectivity index (χ1n) is 4.69. The van der Waals surface area contributed by atoms with Crippen LogP contribution >= 0.6 is 0 Å². The smallest absolute Gasteiger partial charge is 0.215 e. The topological polar surface area (TPSA) is 74.2 Å². The molecule has 0 saturated carbocycles. The van der Waals surface area contributed by atoms with Crippen molar-refractivity contribution in [3.8, 4) is 5.88 Å². The molecule has 0 aliphatic rings. The zero-order valence-corrected chi connectivity index (χ0v) is 8.82. The van der Waals surface area contributed by atoms with E-state index < -0.39 is 0 Å². The molecule has 4 nitrogen and oxygen atoms in total. The number of rotatable bonds is 3. The van der Waals surface area contributed by atoms with Crippen molar-refractivity contribution in [3.63, 3.8) is 0 Å². The van der Waals surface area contributed by atoms with Crippen molar-refractivity contribution in [3.05, 3.63) is 12.1 Å². The Morgan fingerprint density at radius 2 is 1.86 bits per heavy atom. The van der Waals surface area contributed by atoms with E-state index in [1.54, 1.807) is 12.1 Å². The number of ether oxygens (including phenoxy) is 1. The Bertz CT molecular complexity index is 312. The fraction of sp³-hybridized carbons (Fsp3) is 0.500. The van der Waals surface area contributed by atoms with Gasteiger partial charge in [-0.25, -0.2) is 0 Å². The maximum Gasteiger partial charge on any atom is 0.215 e. The zero-order chi connectivity index (χ0) is 10.7. The molecule has 0 spiro atoms. The summed E-state index contributed by atoms with van der Waals surface area (Å²) in [7, 11) is 0. The Hall–Kier alpha value is -1.45. The number of anilines is 2. The van der Waals surface area contributed by atoms with Gasteiger partial charge >= 0.3 is 0 Å². The summed E-state index contributed by atoms with van der Waals surface area (Å²) in [4.78, 5) is 4.03. The van der Waals surface area contributed by atoms with Crippen LogP contribution in [0.15, 0.2) is 12.1 Å². The molecule has 1 atom stereocenters. The second-order valence-corrected chi connectivity index (χ2v) is 3.69. The van der Waals surface area contributed by atoms with Crippen molar-refractivity contribution in [2.45, 2.75) is 26.9 Å². The Labute approximate surface area is 84.3 Å². The summed E-state index contributed by atoms with van der Waals surface area (Å²) in [6.07, 6.45) is 0.116. The summed E-state index contributed by atoms with van der Waals surface area (Å²) < 4.78 is 5.56. The van der Waals surface area contributed by atoms with Crippen LogP contribution in [0.5, 0.6) is 5.88 Å². The lowest BCUT2D eigenvalue weighted by Crippen LogP contribution is -2.19. The van der Waals surface area contributed by atoms with Gasteiger partial charge in [-0.15, -0.1) is 0 Å². The molecule has 4 heteroatoms. The summed E-state index contributed by atoms with van der Waals surface area (Å²) >= 11 is 0. The number of hydrogen-bond acceptors (Lipinski definition) is 4. The molecule has 0 radical (unpaired) electrons. The van der Waals surface area contributed by atoms with E-state index in [4.69, 9.17) is 16.2 Å². The normalized spacial score (nSPS) is 12.9. The zero-order valence-electron chi connectivity index (χ0n) is 8.82. The van der Waals surface area contributed by atoms with Crippen LogP contribution in [-0.2, 0) is 0 Å². The van der Waals surface area contributed by atoms with Gasteiger partial charge < -0.3 is 16.2 Å². The molecular formula is C10H17N3O. The highest BCUT2D eigenvalue weighted by Gasteiger charge is 2.09. The number of aromatic nitrogens is 1. The predicted octanol–water partition coefficient (Wildman–Crippen LogP) is 1.67. The number of nitrogens with two attached hydrogens (primary N) is 2. The summed E-state index contributed by atoms with van der Waals surface area (Å²) in [5, 5.41) is 0. The fourth-order valence-corrected chi connectivity index (χ4v) is 0.859. The summed E-state index contributed by atoms with van der Waals surface area (Å²) in [6.45, 7) is 6.18. The summed E-state index contributed by atoms with van der Waals surface area (Å²) in [5.74, 6) is 1.28. The molecule has 1 rings (SSSR count). The SMILES string of the molecule is CC(C)C(C)Oc1ccc(N)c(N)n1. The van der Waals surface area contributed by atoms with Gasteiger partial charge in [0, 0.05) is 6.07 Å². The number of nitrogen functional groups attached to an aromatic ring is 2. The van der Waals surface area contributed by atoms with Gasteiger partial charge in [0.05, 0.1) is 11.8 Å². The van der Waals surface area contributed by atoms with Crippen molar-refractivity contribution in [1.29, 1.82) is 0 Å². The third kappa shape index (κ3) is 2.52. The van der Waals surface area contributed by atoms with Crippen LogP contribution in [0.4, 0.5) is 11.5 Å². The first kappa shape index (κ1) is 10.6. The van der Waals surface area contributed by atoms with Crippen molar-refractivity contribution in [2.24, 2.45) is 5.92 Å². The molecule has 0 aliphatic carbocycles. The van der Waals surface area contributed by atoms with Gasteiger partial charge in [0.1, 0.15) is 0 Å². The minimum absolute atomic E-state index is 0.116. The number of pyridine rings is 1. The van der Waals surface area contributed by atoms with Crippen LogP contribution in [0.2, 0.25) is 0 Å². The van der Waals surface area contributed by atoms with E-state index >= 15 is 0 Å². The van der Waals surface area contributed by atoms with Gasteiger partial charge in [0.15, 0.2) is 5.82 Å². The van der Waals surface area contributed by atoms with Crippen LogP contribution in [0.1, 0.15) is 20.8 Å². The second kappa shape index (κ2) is 4.17. The maximum atomic E-state index is 5.56. The molecule has 4 N–H and O–H groups in total. The molecule has 0 aliphatic heterocycles. The predicted molar refractivity (Wildman–Crippen MR) is 58.0 cm³/mol. The molecule has 1 aromatic rings. The number of nitrogens with zero attached hydrogens (tertiary/aromatic N) is 1. The van der Waals surface area contributed by atoms with Gasteiger partial charge in [0.25, 0.3) is 0 Å². The standard InChI is InChI=1S/C10H17N3O/c1-6(2)7(3)14-9-5-4-8(11)10(12)13-9/h4-7H,11H2,1-3H3,(H2,12,13). The molecule has 1 aromatic heterocycles. The quantitative estimate of drug-likeness (QED) is 0.769. The Balaban J connectivity index is 2.73. The lowest BCUT2D eigenvalue weighted by molar-refractivity contribution is 0.164. The lowest BCUT2D eigenvalue weighted by atomic mass is 10.1. The van der Waals surface area contributed by atoms with Gasteiger partial charge in [0.2, 0.25) is 5.88 Å². The van der Waals surface area contributed by atoms with Crippen molar-refractivity contribution < 1.29 is 4.74 Å². The second-order valence-electron chi connectivity index (χ2n) is 3.69. The lowest BCUT2D eigenvalue weighted by Gasteiger charge is -2.17. The fourth-order valence-electron chi connectivity index (χ4n) is 0.859. The number of hydrogen-bond donors (Lipinski definition) is 2. The van der Waals surface area contributed by atoms with Crippen LogP contribution < -0.4 is 16.2 Å². The van der Waals surface area contributed by atoms with E-state index in [1.807, 2.05) is 6.92 Å². The van der Waals surface area contributed by atoms with E-state index in [2.05, 4.69) is 18.8 Å². The Kier molecular flexibility index (Phi) is 3.17. The van der Waals surface area contributed by atoms with E-state index in [1.165, 1.54) is 0 Å². The van der Waals surface area contributed by atoms with Crippen LogP contribution in [-0.4, -0.2) is 11.1 Å². The van der Waals surface area contributed by atoms with Crippen molar-refractivity contribution in [1.82, 2.24) is 4.98 Å². The van der Waals surface area contributed by atoms with E-state index in [0.29, 0.717) is 23.3 Å². The molecule has 1 unspecified atom stereocenters. The van der Waals surface area contributed by atoms with Crippen LogP contribution in [0, 0.1) is 5.92 Å². The Morgan fingerprint density at radius 1 is 1.21 bits per heavy atom. The van der Waals surface area contributed by atoms with Gasteiger partial charge in [-0.2, -0.15) is 4.98 Å². The monoisotopic (exact) mass is 195 g/mol. The van der Waals surface area contributed by atoms with E-state index in [-0.39, 0.29) is 6.10 Å². The maximum absolute atomic E-state index is 5.56. The highest BCUT2D eigenvalue weighted by Crippen LogP contribution is 2.18. The highest BCUT2D eigenvalue weighted by atomic mass is 16.5. The molecule has 14 heavy (non-hydrogen) atoms. The highest BCUT2D eigenvalue weighted by molar-refractivity contribution is 5.58. The summed E-state index contributed by atoms with van der Waals surface area (Å²) in [5.41, 5.74) is 11.6.